The van der Waals surface area contributed by atoms with Crippen molar-refractivity contribution in [1.82, 2.24) is 4.90 Å². The molecule has 0 unspecified atom stereocenters. The van der Waals surface area contributed by atoms with E-state index in [9.17, 15) is 10.1 Å². The van der Waals surface area contributed by atoms with Crippen molar-refractivity contribution in [3.05, 3.63) is 70.3 Å². The number of para-hydroxylation sites is 1. The van der Waals surface area contributed by atoms with Gasteiger partial charge in [-0.15, -0.1) is 0 Å². The Bertz CT molecular complexity index is 684. The van der Waals surface area contributed by atoms with Gasteiger partial charge in [-0.1, -0.05) is 30.3 Å². The lowest BCUT2D eigenvalue weighted by Gasteiger charge is -2.12. The minimum absolute atomic E-state index is 0.0692. The standard InChI is InChI=1S/C17H20N4O2/c1-20(2)12-11-17(19-18-15-8-4-3-5-9-15)14-7-6-10-16(13-14)21(22)23/h3-10,13,18H,11-12H2,1-2H3/b19-17-. The van der Waals surface area contributed by atoms with Gasteiger partial charge in [0.2, 0.25) is 0 Å². The predicted octanol–water partition coefficient (Wildman–Crippen LogP) is 3.36. The Hall–Kier alpha value is -2.73. The maximum absolute atomic E-state index is 11.0. The first-order valence-electron chi connectivity index (χ1n) is 7.33. The van der Waals surface area contributed by atoms with Crippen LogP contribution < -0.4 is 5.43 Å². The van der Waals surface area contributed by atoms with E-state index in [0.717, 1.165) is 23.5 Å². The molecule has 0 fully saturated rings. The highest BCUT2D eigenvalue weighted by atomic mass is 16.6. The zero-order valence-electron chi connectivity index (χ0n) is 13.3. The first kappa shape index (κ1) is 16.6. The smallest absolute Gasteiger partial charge is 0.270 e. The summed E-state index contributed by atoms with van der Waals surface area (Å²) in [5.41, 5.74) is 5.50. The van der Waals surface area contributed by atoms with E-state index in [4.69, 9.17) is 0 Å². The van der Waals surface area contributed by atoms with E-state index in [2.05, 4.69) is 15.4 Å². The largest absolute Gasteiger partial charge is 0.309 e. The van der Waals surface area contributed by atoms with Crippen LogP contribution in [0, 0.1) is 10.1 Å². The third-order valence-electron chi connectivity index (χ3n) is 3.28. The number of hydrogen-bond donors (Lipinski definition) is 1. The molecule has 23 heavy (non-hydrogen) atoms. The van der Waals surface area contributed by atoms with Gasteiger partial charge < -0.3 is 4.90 Å². The van der Waals surface area contributed by atoms with Crippen LogP contribution in [-0.2, 0) is 0 Å². The molecule has 0 bridgehead atoms. The second-order valence-electron chi connectivity index (χ2n) is 5.40. The number of nitro groups is 1. The number of nitro benzene ring substituents is 1. The molecule has 0 amide bonds. The van der Waals surface area contributed by atoms with Gasteiger partial charge in [0.1, 0.15) is 0 Å². The molecule has 0 aliphatic rings. The molecule has 6 nitrogen and oxygen atoms in total. The van der Waals surface area contributed by atoms with Crippen molar-refractivity contribution in [3.63, 3.8) is 0 Å². The third kappa shape index (κ3) is 5.19. The molecule has 2 rings (SSSR count). The fourth-order valence-electron chi connectivity index (χ4n) is 2.04. The van der Waals surface area contributed by atoms with E-state index in [1.165, 1.54) is 6.07 Å². The number of benzene rings is 2. The summed E-state index contributed by atoms with van der Waals surface area (Å²) in [5.74, 6) is 0. The average molecular weight is 312 g/mol. The molecule has 0 saturated heterocycles. The Morgan fingerprint density at radius 2 is 1.91 bits per heavy atom. The summed E-state index contributed by atoms with van der Waals surface area (Å²) >= 11 is 0. The minimum Gasteiger partial charge on any atom is -0.309 e. The van der Waals surface area contributed by atoms with Gasteiger partial charge in [-0.05, 0) is 26.2 Å². The maximum Gasteiger partial charge on any atom is 0.270 e. The van der Waals surface area contributed by atoms with Gasteiger partial charge in [-0.25, -0.2) is 0 Å². The Morgan fingerprint density at radius 1 is 1.17 bits per heavy atom. The highest BCUT2D eigenvalue weighted by Gasteiger charge is 2.10. The zero-order chi connectivity index (χ0) is 16.7. The molecule has 0 aromatic heterocycles. The monoisotopic (exact) mass is 312 g/mol. The van der Waals surface area contributed by atoms with Crippen molar-refractivity contribution in [1.29, 1.82) is 0 Å². The summed E-state index contributed by atoms with van der Waals surface area (Å²) in [4.78, 5) is 12.6. The fraction of sp³-hybridized carbons (Fsp3) is 0.235. The number of non-ortho nitro benzene ring substituents is 1. The number of nitrogens with one attached hydrogen (secondary N) is 1. The third-order valence-corrected chi connectivity index (χ3v) is 3.28. The summed E-state index contributed by atoms with van der Waals surface area (Å²) in [6, 6.07) is 16.2. The van der Waals surface area contributed by atoms with E-state index in [-0.39, 0.29) is 5.69 Å². The first-order valence-corrected chi connectivity index (χ1v) is 7.33. The van der Waals surface area contributed by atoms with Crippen LogP contribution in [0.2, 0.25) is 0 Å². The number of nitrogens with zero attached hydrogens (tertiary/aromatic N) is 3. The molecule has 0 aliphatic heterocycles. The minimum atomic E-state index is -0.391. The van der Waals surface area contributed by atoms with Crippen molar-refractivity contribution in [2.75, 3.05) is 26.1 Å². The van der Waals surface area contributed by atoms with Gasteiger partial charge >= 0.3 is 0 Å². The fourth-order valence-corrected chi connectivity index (χ4v) is 2.04. The van der Waals surface area contributed by atoms with Crippen molar-refractivity contribution < 1.29 is 4.92 Å². The molecular formula is C17H20N4O2. The highest BCUT2D eigenvalue weighted by Crippen LogP contribution is 2.16. The molecule has 2 aromatic rings. The predicted molar refractivity (Wildman–Crippen MR) is 92.9 cm³/mol. The van der Waals surface area contributed by atoms with Crippen LogP contribution in [0.15, 0.2) is 59.7 Å². The van der Waals surface area contributed by atoms with E-state index in [1.807, 2.05) is 50.5 Å². The molecule has 0 spiro atoms. The first-order chi connectivity index (χ1) is 11.1. The normalized spacial score (nSPS) is 11.5. The molecule has 0 heterocycles. The molecule has 0 radical (unpaired) electrons. The molecule has 6 heteroatoms. The van der Waals surface area contributed by atoms with Crippen molar-refractivity contribution >= 4 is 17.1 Å². The lowest BCUT2D eigenvalue weighted by atomic mass is 10.1. The van der Waals surface area contributed by atoms with Crippen LogP contribution in [0.25, 0.3) is 0 Å². The van der Waals surface area contributed by atoms with Gasteiger partial charge in [-0.3, -0.25) is 15.5 Å². The number of hydrazone groups is 1. The molecule has 0 aliphatic carbocycles. The summed E-state index contributed by atoms with van der Waals surface area (Å²) < 4.78 is 0. The van der Waals surface area contributed by atoms with Crippen molar-refractivity contribution in [2.45, 2.75) is 6.42 Å². The van der Waals surface area contributed by atoms with Crippen LogP contribution in [0.1, 0.15) is 12.0 Å². The van der Waals surface area contributed by atoms with Crippen molar-refractivity contribution in [2.24, 2.45) is 5.10 Å². The van der Waals surface area contributed by atoms with Crippen LogP contribution in [0.4, 0.5) is 11.4 Å². The Morgan fingerprint density at radius 3 is 2.57 bits per heavy atom. The molecule has 0 atom stereocenters. The van der Waals surface area contributed by atoms with E-state index < -0.39 is 4.92 Å². The van der Waals surface area contributed by atoms with Crippen LogP contribution in [-0.4, -0.2) is 36.2 Å². The molecular weight excluding hydrogens is 292 g/mol. The number of rotatable bonds is 7. The second-order valence-corrected chi connectivity index (χ2v) is 5.40. The van der Waals surface area contributed by atoms with Crippen LogP contribution >= 0.6 is 0 Å². The Kier molecular flexibility index (Phi) is 5.82. The van der Waals surface area contributed by atoms with Gasteiger partial charge in [0.05, 0.1) is 16.3 Å². The topological polar surface area (TPSA) is 70.8 Å². The summed E-state index contributed by atoms with van der Waals surface area (Å²) in [6.45, 7) is 0.804. The second kappa shape index (κ2) is 8.05. The Labute approximate surface area is 135 Å². The van der Waals surface area contributed by atoms with Gasteiger partial charge in [0.25, 0.3) is 5.69 Å². The number of anilines is 1. The van der Waals surface area contributed by atoms with E-state index >= 15 is 0 Å². The molecule has 2 aromatic carbocycles. The SMILES string of the molecule is CN(C)CC/C(=N/Nc1ccccc1)c1cccc([N+](=O)[O-])c1. The van der Waals surface area contributed by atoms with Gasteiger partial charge in [-0.2, -0.15) is 5.10 Å². The highest BCUT2D eigenvalue weighted by molar-refractivity contribution is 6.01. The lowest BCUT2D eigenvalue weighted by molar-refractivity contribution is -0.384. The summed E-state index contributed by atoms with van der Waals surface area (Å²) in [5, 5.41) is 15.4. The van der Waals surface area contributed by atoms with E-state index in [0.29, 0.717) is 6.42 Å². The average Bonchev–Trinajstić information content (AvgIpc) is 2.55. The van der Waals surface area contributed by atoms with Gasteiger partial charge in [0.15, 0.2) is 0 Å². The molecule has 1 N–H and O–H groups in total. The van der Waals surface area contributed by atoms with Crippen LogP contribution in [0.3, 0.4) is 0 Å². The molecule has 0 saturated carbocycles. The lowest BCUT2D eigenvalue weighted by Crippen LogP contribution is -2.18. The van der Waals surface area contributed by atoms with E-state index in [1.54, 1.807) is 12.1 Å². The summed E-state index contributed by atoms with van der Waals surface area (Å²) in [6.07, 6.45) is 0.688. The van der Waals surface area contributed by atoms with Crippen molar-refractivity contribution in [3.8, 4) is 0 Å². The summed E-state index contributed by atoms with van der Waals surface area (Å²) in [7, 11) is 3.96. The van der Waals surface area contributed by atoms with Crippen LogP contribution in [0.5, 0.6) is 0 Å². The zero-order valence-corrected chi connectivity index (χ0v) is 13.3. The Balaban J connectivity index is 2.26. The molecule has 120 valence electrons. The number of hydrogen-bond acceptors (Lipinski definition) is 5. The quantitative estimate of drug-likeness (QED) is 0.483. The van der Waals surface area contributed by atoms with Gasteiger partial charge in [0, 0.05) is 30.7 Å². The maximum atomic E-state index is 11.0.